The lowest BCUT2D eigenvalue weighted by Gasteiger charge is -2.16. The number of aliphatic hydroxyl groups is 1. The number of esters is 1. The Morgan fingerprint density at radius 3 is 2.65 bits per heavy atom. The number of rotatable bonds is 6. The third-order valence-corrected chi connectivity index (χ3v) is 3.90. The summed E-state index contributed by atoms with van der Waals surface area (Å²) in [5.41, 5.74) is 1.23. The third-order valence-electron chi connectivity index (χ3n) is 3.90. The highest BCUT2D eigenvalue weighted by Gasteiger charge is 2.24. The van der Waals surface area contributed by atoms with Gasteiger partial charge in [0, 0.05) is 6.54 Å². The zero-order chi connectivity index (χ0) is 18.5. The van der Waals surface area contributed by atoms with Crippen molar-refractivity contribution in [3.05, 3.63) is 59.7 Å². The second-order valence-corrected chi connectivity index (χ2v) is 5.80. The standard InChI is InChI=1S/C19H19NO6/c1-12(26-19(23)17(21)14-5-3-2-4-6-14)18(22)20-10-13-7-8-15-16(9-13)25-11-24-15/h2-9,12,17,21H,10-11H2,1H3,(H,20,22)/t12-,17+/m1/s1. The monoisotopic (exact) mass is 357 g/mol. The van der Waals surface area contributed by atoms with Crippen LogP contribution in [-0.4, -0.2) is 29.9 Å². The minimum Gasteiger partial charge on any atom is -0.454 e. The van der Waals surface area contributed by atoms with E-state index in [4.69, 9.17) is 14.2 Å². The van der Waals surface area contributed by atoms with Crippen LogP contribution in [0.5, 0.6) is 11.5 Å². The van der Waals surface area contributed by atoms with Gasteiger partial charge in [-0.3, -0.25) is 4.79 Å². The Kier molecular flexibility index (Phi) is 5.38. The Morgan fingerprint density at radius 2 is 1.88 bits per heavy atom. The molecule has 1 heterocycles. The van der Waals surface area contributed by atoms with E-state index in [0.29, 0.717) is 17.1 Å². The number of benzene rings is 2. The summed E-state index contributed by atoms with van der Waals surface area (Å²) in [6, 6.07) is 13.7. The fourth-order valence-electron chi connectivity index (χ4n) is 2.45. The van der Waals surface area contributed by atoms with Gasteiger partial charge in [-0.05, 0) is 30.2 Å². The number of fused-ring (bicyclic) bond motifs is 1. The van der Waals surface area contributed by atoms with Crippen molar-refractivity contribution in [2.24, 2.45) is 0 Å². The van der Waals surface area contributed by atoms with Gasteiger partial charge < -0.3 is 24.6 Å². The molecule has 0 saturated carbocycles. The van der Waals surface area contributed by atoms with E-state index in [2.05, 4.69) is 5.32 Å². The molecule has 26 heavy (non-hydrogen) atoms. The van der Waals surface area contributed by atoms with Crippen molar-refractivity contribution >= 4 is 11.9 Å². The smallest absolute Gasteiger partial charge is 0.340 e. The first-order valence-electron chi connectivity index (χ1n) is 8.14. The highest BCUT2D eigenvalue weighted by molar-refractivity contribution is 5.84. The third kappa shape index (κ3) is 4.12. The zero-order valence-electron chi connectivity index (χ0n) is 14.2. The van der Waals surface area contributed by atoms with Crippen LogP contribution in [0.15, 0.2) is 48.5 Å². The van der Waals surface area contributed by atoms with Crippen LogP contribution in [0.25, 0.3) is 0 Å². The average Bonchev–Trinajstić information content (AvgIpc) is 3.13. The number of amides is 1. The molecule has 2 aromatic rings. The quantitative estimate of drug-likeness (QED) is 0.764. The van der Waals surface area contributed by atoms with Crippen LogP contribution >= 0.6 is 0 Å². The molecule has 2 aromatic carbocycles. The molecule has 0 unspecified atom stereocenters. The summed E-state index contributed by atoms with van der Waals surface area (Å²) < 4.78 is 15.6. The summed E-state index contributed by atoms with van der Waals surface area (Å²) in [6.45, 7) is 1.88. The van der Waals surface area contributed by atoms with Crippen LogP contribution in [-0.2, 0) is 20.9 Å². The molecular weight excluding hydrogens is 338 g/mol. The topological polar surface area (TPSA) is 94.1 Å². The van der Waals surface area contributed by atoms with Crippen molar-refractivity contribution in [1.29, 1.82) is 0 Å². The number of carbonyl (C=O) groups excluding carboxylic acids is 2. The minimum absolute atomic E-state index is 0.182. The summed E-state index contributed by atoms with van der Waals surface area (Å²) >= 11 is 0. The first-order chi connectivity index (χ1) is 12.5. The van der Waals surface area contributed by atoms with Gasteiger partial charge >= 0.3 is 5.97 Å². The average molecular weight is 357 g/mol. The van der Waals surface area contributed by atoms with E-state index in [1.807, 2.05) is 6.07 Å². The molecule has 0 radical (unpaired) electrons. The summed E-state index contributed by atoms with van der Waals surface area (Å²) in [5, 5.41) is 12.7. The fraction of sp³-hybridized carbons (Fsp3) is 0.263. The lowest BCUT2D eigenvalue weighted by Crippen LogP contribution is -2.36. The van der Waals surface area contributed by atoms with Crippen LogP contribution in [0.1, 0.15) is 24.2 Å². The Bertz CT molecular complexity index is 792. The molecule has 3 rings (SSSR count). The van der Waals surface area contributed by atoms with Gasteiger partial charge in [-0.2, -0.15) is 0 Å². The molecule has 0 spiro atoms. The van der Waals surface area contributed by atoms with Gasteiger partial charge in [0.2, 0.25) is 6.79 Å². The molecule has 0 aliphatic carbocycles. The SMILES string of the molecule is C[C@@H](OC(=O)[C@@H](O)c1ccccc1)C(=O)NCc1ccc2c(c1)OCO2. The number of ether oxygens (including phenoxy) is 3. The number of hydrogen-bond donors (Lipinski definition) is 2. The number of nitrogens with one attached hydrogen (secondary N) is 1. The van der Waals surface area contributed by atoms with E-state index in [-0.39, 0.29) is 13.3 Å². The normalized spacial score (nSPS) is 14.4. The lowest BCUT2D eigenvalue weighted by molar-refractivity contribution is -0.163. The maximum atomic E-state index is 12.1. The van der Waals surface area contributed by atoms with Crippen molar-refractivity contribution in [1.82, 2.24) is 5.32 Å². The van der Waals surface area contributed by atoms with E-state index >= 15 is 0 Å². The van der Waals surface area contributed by atoms with E-state index < -0.39 is 24.1 Å². The molecule has 0 saturated heterocycles. The van der Waals surface area contributed by atoms with Crippen LogP contribution < -0.4 is 14.8 Å². The van der Waals surface area contributed by atoms with Crippen molar-refractivity contribution < 1.29 is 28.9 Å². The fourth-order valence-corrected chi connectivity index (χ4v) is 2.45. The molecule has 7 nitrogen and oxygen atoms in total. The minimum atomic E-state index is -1.43. The van der Waals surface area contributed by atoms with Crippen molar-refractivity contribution in [3.63, 3.8) is 0 Å². The van der Waals surface area contributed by atoms with Crippen LogP contribution in [0.3, 0.4) is 0 Å². The molecular formula is C19H19NO6. The highest BCUT2D eigenvalue weighted by Crippen LogP contribution is 2.32. The van der Waals surface area contributed by atoms with Gasteiger partial charge in [-0.15, -0.1) is 0 Å². The predicted octanol–water partition coefficient (Wildman–Crippen LogP) is 1.70. The van der Waals surface area contributed by atoms with E-state index in [1.165, 1.54) is 6.92 Å². The molecule has 1 aliphatic heterocycles. The highest BCUT2D eigenvalue weighted by atomic mass is 16.7. The second-order valence-electron chi connectivity index (χ2n) is 5.80. The first kappa shape index (κ1) is 17.8. The molecule has 1 amide bonds. The predicted molar refractivity (Wildman–Crippen MR) is 91.4 cm³/mol. The molecule has 7 heteroatoms. The first-order valence-corrected chi connectivity index (χ1v) is 8.14. The van der Waals surface area contributed by atoms with Gasteiger partial charge in [-0.25, -0.2) is 4.79 Å². The number of carbonyl (C=O) groups is 2. The van der Waals surface area contributed by atoms with Crippen LogP contribution in [0.2, 0.25) is 0 Å². The molecule has 1 aliphatic rings. The second kappa shape index (κ2) is 7.88. The largest absolute Gasteiger partial charge is 0.454 e. The Labute approximate surface area is 150 Å². The van der Waals surface area contributed by atoms with E-state index in [9.17, 15) is 14.7 Å². The Balaban J connectivity index is 1.50. The Morgan fingerprint density at radius 1 is 1.15 bits per heavy atom. The molecule has 2 N–H and O–H groups in total. The van der Waals surface area contributed by atoms with Gasteiger partial charge in [0.15, 0.2) is 23.7 Å². The van der Waals surface area contributed by atoms with E-state index in [1.54, 1.807) is 42.5 Å². The van der Waals surface area contributed by atoms with E-state index in [0.717, 1.165) is 5.56 Å². The molecule has 0 bridgehead atoms. The Hall–Kier alpha value is -3.06. The van der Waals surface area contributed by atoms with Gasteiger partial charge in [0.05, 0.1) is 0 Å². The van der Waals surface area contributed by atoms with Gasteiger partial charge in [-0.1, -0.05) is 36.4 Å². The molecule has 0 fully saturated rings. The van der Waals surface area contributed by atoms with Gasteiger partial charge in [0.1, 0.15) is 0 Å². The van der Waals surface area contributed by atoms with Crippen molar-refractivity contribution in [3.8, 4) is 11.5 Å². The summed E-state index contributed by atoms with van der Waals surface area (Å²) in [6.07, 6.45) is -2.46. The molecule has 2 atom stereocenters. The van der Waals surface area contributed by atoms with Crippen molar-refractivity contribution in [2.45, 2.75) is 25.7 Å². The maximum Gasteiger partial charge on any atom is 0.340 e. The molecule has 136 valence electrons. The van der Waals surface area contributed by atoms with Crippen molar-refractivity contribution in [2.75, 3.05) is 6.79 Å². The number of aliphatic hydroxyl groups excluding tert-OH is 1. The zero-order valence-corrected chi connectivity index (χ0v) is 14.2. The lowest BCUT2D eigenvalue weighted by atomic mass is 10.1. The summed E-state index contributed by atoms with van der Waals surface area (Å²) in [7, 11) is 0. The summed E-state index contributed by atoms with van der Waals surface area (Å²) in [4.78, 5) is 24.1. The van der Waals surface area contributed by atoms with Crippen LogP contribution in [0, 0.1) is 0 Å². The summed E-state index contributed by atoms with van der Waals surface area (Å²) in [5.74, 6) is -0.0438. The van der Waals surface area contributed by atoms with Gasteiger partial charge in [0.25, 0.3) is 5.91 Å². The molecule has 0 aromatic heterocycles. The van der Waals surface area contributed by atoms with Crippen LogP contribution in [0.4, 0.5) is 0 Å². The number of hydrogen-bond acceptors (Lipinski definition) is 6. The maximum absolute atomic E-state index is 12.1.